The number of nitrogens with one attached hydrogen (secondary N) is 1. The van der Waals surface area contributed by atoms with Crippen LogP contribution >= 0.6 is 11.6 Å². The minimum absolute atomic E-state index is 0.0213. The molecular weight excluding hydrogens is 378 g/mol. The van der Waals surface area contributed by atoms with Gasteiger partial charge in [0.05, 0.1) is 22.7 Å². The molecule has 0 saturated heterocycles. The van der Waals surface area contributed by atoms with Crippen molar-refractivity contribution in [3.05, 3.63) is 80.9 Å². The zero-order valence-electron chi connectivity index (χ0n) is 14.6. The fourth-order valence-corrected chi connectivity index (χ4v) is 3.17. The van der Waals surface area contributed by atoms with Crippen molar-refractivity contribution in [3.63, 3.8) is 0 Å². The number of pyridine rings is 1. The molecule has 0 aliphatic heterocycles. The second-order valence-corrected chi connectivity index (χ2v) is 6.62. The number of imidazole rings is 1. The van der Waals surface area contributed by atoms with E-state index in [0.717, 1.165) is 5.56 Å². The molecule has 0 saturated carbocycles. The second kappa shape index (κ2) is 7.31. The Bertz CT molecular complexity index is 1300. The number of aromatic nitrogens is 2. The van der Waals surface area contributed by atoms with E-state index < -0.39 is 5.91 Å². The molecule has 0 unspecified atom stereocenters. The SMILES string of the molecule is O=C(NCc1ccc(Cl)cc1)c1cn2cnc3cc(C#CCO)cc(c1=O)c32. The quantitative estimate of drug-likeness (QED) is 0.524. The minimum Gasteiger partial charge on any atom is -0.384 e. The number of hydrogen-bond donors (Lipinski definition) is 2. The molecule has 7 heteroatoms. The molecule has 2 N–H and O–H groups in total. The first-order valence-corrected chi connectivity index (χ1v) is 8.84. The van der Waals surface area contributed by atoms with Crippen molar-refractivity contribution in [2.24, 2.45) is 0 Å². The number of hydrogen-bond acceptors (Lipinski definition) is 4. The van der Waals surface area contributed by atoms with Crippen molar-refractivity contribution in [1.82, 2.24) is 14.7 Å². The van der Waals surface area contributed by atoms with Crippen LogP contribution in [0.4, 0.5) is 0 Å². The molecule has 1 amide bonds. The largest absolute Gasteiger partial charge is 0.384 e. The molecule has 0 aliphatic rings. The summed E-state index contributed by atoms with van der Waals surface area (Å²) in [7, 11) is 0. The molecule has 138 valence electrons. The molecule has 2 aromatic heterocycles. The maximum absolute atomic E-state index is 12.9. The smallest absolute Gasteiger partial charge is 0.257 e. The molecule has 4 aromatic rings. The molecule has 0 bridgehead atoms. The van der Waals surface area contributed by atoms with Crippen molar-refractivity contribution < 1.29 is 9.90 Å². The van der Waals surface area contributed by atoms with Gasteiger partial charge in [-0.3, -0.25) is 9.59 Å². The highest BCUT2D eigenvalue weighted by molar-refractivity contribution is 6.30. The summed E-state index contributed by atoms with van der Waals surface area (Å²) in [5, 5.41) is 12.6. The predicted octanol–water partition coefficient (Wildman–Crippen LogP) is 2.21. The van der Waals surface area contributed by atoms with Crippen molar-refractivity contribution in [2.45, 2.75) is 6.54 Å². The summed E-state index contributed by atoms with van der Waals surface area (Å²) in [4.78, 5) is 29.9. The van der Waals surface area contributed by atoms with Crippen molar-refractivity contribution in [3.8, 4) is 11.8 Å². The van der Waals surface area contributed by atoms with Gasteiger partial charge in [-0.05, 0) is 29.8 Å². The number of benzene rings is 2. The highest BCUT2D eigenvalue weighted by atomic mass is 35.5. The molecule has 28 heavy (non-hydrogen) atoms. The van der Waals surface area contributed by atoms with Crippen LogP contribution in [0.2, 0.25) is 5.02 Å². The van der Waals surface area contributed by atoms with E-state index >= 15 is 0 Å². The summed E-state index contributed by atoms with van der Waals surface area (Å²) in [6.07, 6.45) is 3.04. The van der Waals surface area contributed by atoms with Gasteiger partial charge in [0.15, 0.2) is 0 Å². The van der Waals surface area contributed by atoms with E-state index in [9.17, 15) is 9.59 Å². The Morgan fingerprint density at radius 3 is 2.79 bits per heavy atom. The summed E-state index contributed by atoms with van der Waals surface area (Å²) in [5.74, 6) is 4.86. The van der Waals surface area contributed by atoms with Crippen LogP contribution in [0.15, 0.2) is 53.7 Å². The van der Waals surface area contributed by atoms with Crippen LogP contribution in [0.1, 0.15) is 21.5 Å². The number of carbonyl (C=O) groups excluding carboxylic acids is 1. The standard InChI is InChI=1S/C21H14ClN3O3/c22-15-5-3-13(4-6-15)10-23-21(28)17-11-25-12-24-18-9-14(2-1-7-26)8-16(19(18)25)20(17)27/h3-6,8-9,11-12,26H,7,10H2,(H,23,28). The lowest BCUT2D eigenvalue weighted by Gasteiger charge is -2.07. The topological polar surface area (TPSA) is 83.7 Å². The van der Waals surface area contributed by atoms with E-state index in [1.165, 1.54) is 6.20 Å². The minimum atomic E-state index is -0.473. The number of nitrogens with zero attached hydrogens (tertiary/aromatic N) is 2. The predicted molar refractivity (Wildman–Crippen MR) is 107 cm³/mol. The van der Waals surface area contributed by atoms with Crippen LogP contribution in [0.5, 0.6) is 0 Å². The van der Waals surface area contributed by atoms with Gasteiger partial charge in [-0.2, -0.15) is 0 Å². The fourth-order valence-electron chi connectivity index (χ4n) is 3.04. The average molecular weight is 392 g/mol. The number of carbonyl (C=O) groups is 1. The highest BCUT2D eigenvalue weighted by Gasteiger charge is 2.17. The molecule has 0 fully saturated rings. The fraction of sp³-hybridized carbons (Fsp3) is 0.0952. The Morgan fingerprint density at radius 2 is 2.04 bits per heavy atom. The lowest BCUT2D eigenvalue weighted by Crippen LogP contribution is -2.28. The van der Waals surface area contributed by atoms with Crippen molar-refractivity contribution in [1.29, 1.82) is 0 Å². The third-order valence-corrected chi connectivity index (χ3v) is 4.60. The monoisotopic (exact) mass is 391 g/mol. The van der Waals surface area contributed by atoms with Crippen LogP contribution in [0, 0.1) is 11.8 Å². The van der Waals surface area contributed by atoms with Crippen LogP contribution < -0.4 is 10.7 Å². The number of halogens is 1. The Kier molecular flexibility index (Phi) is 4.70. The molecule has 0 aliphatic carbocycles. The average Bonchev–Trinajstić information content (AvgIpc) is 3.11. The van der Waals surface area contributed by atoms with Crippen LogP contribution in [-0.2, 0) is 6.54 Å². The van der Waals surface area contributed by atoms with Gasteiger partial charge >= 0.3 is 0 Å². The summed E-state index contributed by atoms with van der Waals surface area (Å²) in [5.41, 5.74) is 2.29. The van der Waals surface area contributed by atoms with Gasteiger partial charge in [0, 0.05) is 23.3 Å². The van der Waals surface area contributed by atoms with E-state index in [1.54, 1.807) is 47.1 Å². The van der Waals surface area contributed by atoms with E-state index in [1.807, 2.05) is 0 Å². The Balaban J connectivity index is 1.72. The first-order valence-electron chi connectivity index (χ1n) is 8.46. The number of amides is 1. The maximum atomic E-state index is 12.9. The van der Waals surface area contributed by atoms with E-state index in [0.29, 0.717) is 27.0 Å². The normalized spacial score (nSPS) is 10.8. The summed E-state index contributed by atoms with van der Waals surface area (Å²) in [6.45, 7) is -0.0111. The Hall–Kier alpha value is -3.40. The molecule has 2 aromatic carbocycles. The number of rotatable bonds is 3. The highest BCUT2D eigenvalue weighted by Crippen LogP contribution is 2.20. The van der Waals surface area contributed by atoms with Crippen LogP contribution in [-0.4, -0.2) is 27.0 Å². The first kappa shape index (κ1) is 18.0. The van der Waals surface area contributed by atoms with Gasteiger partial charge in [0.2, 0.25) is 5.43 Å². The summed E-state index contributed by atoms with van der Waals surface area (Å²) in [6, 6.07) is 10.4. The molecule has 2 heterocycles. The number of aliphatic hydroxyl groups is 1. The molecule has 0 atom stereocenters. The van der Waals surface area contributed by atoms with Gasteiger partial charge in [-0.15, -0.1) is 0 Å². The molecule has 6 nitrogen and oxygen atoms in total. The van der Waals surface area contributed by atoms with Crippen LogP contribution in [0.3, 0.4) is 0 Å². The zero-order chi connectivity index (χ0) is 19.7. The molecular formula is C21H14ClN3O3. The Labute approximate surface area is 164 Å². The lowest BCUT2D eigenvalue weighted by molar-refractivity contribution is 0.0949. The van der Waals surface area contributed by atoms with Crippen molar-refractivity contribution >= 4 is 33.9 Å². The van der Waals surface area contributed by atoms with Gasteiger partial charge < -0.3 is 14.8 Å². The lowest BCUT2D eigenvalue weighted by atomic mass is 10.1. The second-order valence-electron chi connectivity index (χ2n) is 6.18. The zero-order valence-corrected chi connectivity index (χ0v) is 15.3. The molecule has 0 radical (unpaired) electrons. The molecule has 4 rings (SSSR count). The van der Waals surface area contributed by atoms with E-state index in [4.69, 9.17) is 16.7 Å². The maximum Gasteiger partial charge on any atom is 0.257 e. The summed E-state index contributed by atoms with van der Waals surface area (Å²) < 4.78 is 1.66. The van der Waals surface area contributed by atoms with Crippen LogP contribution in [0.25, 0.3) is 16.4 Å². The summed E-state index contributed by atoms with van der Waals surface area (Å²) >= 11 is 5.86. The third kappa shape index (κ3) is 3.29. The van der Waals surface area contributed by atoms with Gasteiger partial charge in [-0.1, -0.05) is 35.6 Å². The van der Waals surface area contributed by atoms with E-state index in [2.05, 4.69) is 22.1 Å². The van der Waals surface area contributed by atoms with Crippen molar-refractivity contribution in [2.75, 3.05) is 6.61 Å². The van der Waals surface area contributed by atoms with E-state index in [-0.39, 0.29) is 24.1 Å². The van der Waals surface area contributed by atoms with Gasteiger partial charge in [0.25, 0.3) is 5.91 Å². The first-order chi connectivity index (χ1) is 13.6. The Morgan fingerprint density at radius 1 is 1.25 bits per heavy atom. The van der Waals surface area contributed by atoms with Gasteiger partial charge in [-0.25, -0.2) is 4.98 Å². The van der Waals surface area contributed by atoms with Gasteiger partial charge in [0.1, 0.15) is 12.2 Å². The molecule has 0 spiro atoms. The number of aliphatic hydroxyl groups excluding tert-OH is 1. The third-order valence-electron chi connectivity index (χ3n) is 4.35.